The van der Waals surface area contributed by atoms with E-state index in [4.69, 9.17) is 4.74 Å². The summed E-state index contributed by atoms with van der Waals surface area (Å²) in [6.07, 6.45) is -1.25. The maximum atomic E-state index is 12.0. The van der Waals surface area contributed by atoms with Gasteiger partial charge in [-0.25, -0.2) is 0 Å². The maximum absolute atomic E-state index is 12.0. The normalized spacial score (nSPS) is 25.9. The number of ether oxygens (including phenoxy) is 2. The van der Waals surface area contributed by atoms with Crippen LogP contribution in [-0.2, 0) is 4.74 Å². The Hall–Kier alpha value is -1.49. The van der Waals surface area contributed by atoms with Crippen LogP contribution in [0.2, 0.25) is 0 Å². The van der Waals surface area contributed by atoms with Gasteiger partial charge in [-0.05, 0) is 23.3 Å². The van der Waals surface area contributed by atoms with E-state index >= 15 is 0 Å². The van der Waals surface area contributed by atoms with E-state index in [1.165, 1.54) is 12.1 Å². The molecule has 0 amide bonds. The van der Waals surface area contributed by atoms with Gasteiger partial charge in [-0.15, -0.1) is 13.2 Å². The summed E-state index contributed by atoms with van der Waals surface area (Å²) >= 11 is 0. The molecule has 1 aromatic rings. The molecule has 0 aliphatic carbocycles. The Morgan fingerprint density at radius 3 is 2.44 bits per heavy atom. The van der Waals surface area contributed by atoms with E-state index in [0.29, 0.717) is 0 Å². The molecule has 16 heavy (non-hydrogen) atoms. The molecule has 0 radical (unpaired) electrons. The topological polar surface area (TPSA) is 18.5 Å². The zero-order chi connectivity index (χ0) is 11.3. The minimum absolute atomic E-state index is 0.111. The maximum Gasteiger partial charge on any atom is 0.573 e. The Morgan fingerprint density at radius 2 is 1.75 bits per heavy atom. The Bertz CT molecular complexity index is 465. The number of halogens is 3. The molecule has 2 atom stereocenters. The fourth-order valence-electron chi connectivity index (χ4n) is 2.06. The van der Waals surface area contributed by atoms with E-state index in [1.807, 2.05) is 12.2 Å². The largest absolute Gasteiger partial charge is 0.573 e. The third kappa shape index (κ3) is 1.48. The molecule has 0 saturated heterocycles. The van der Waals surface area contributed by atoms with Crippen molar-refractivity contribution in [2.75, 3.05) is 0 Å². The average Bonchev–Trinajstić information content (AvgIpc) is 2.75. The smallest absolute Gasteiger partial charge is 0.406 e. The Morgan fingerprint density at radius 1 is 1.06 bits per heavy atom. The first-order chi connectivity index (χ1) is 7.53. The summed E-state index contributed by atoms with van der Waals surface area (Å²) in [4.78, 5) is 0. The predicted octanol–water partition coefficient (Wildman–Crippen LogP) is 3.27. The fourth-order valence-corrected chi connectivity index (χ4v) is 2.06. The summed E-state index contributed by atoms with van der Waals surface area (Å²) in [6, 6.07) is 4.31. The van der Waals surface area contributed by atoms with E-state index < -0.39 is 6.36 Å². The quantitative estimate of drug-likeness (QED) is 0.687. The molecular formula is C11H7F3O2. The molecule has 0 spiro atoms. The van der Waals surface area contributed by atoms with Crippen LogP contribution in [0.15, 0.2) is 30.4 Å². The van der Waals surface area contributed by atoms with Crippen molar-refractivity contribution in [3.63, 3.8) is 0 Å². The summed E-state index contributed by atoms with van der Waals surface area (Å²) in [5.74, 6) is -0.198. The van der Waals surface area contributed by atoms with Gasteiger partial charge in [0.05, 0.1) is 0 Å². The lowest BCUT2D eigenvalue weighted by molar-refractivity contribution is -0.274. The highest BCUT2D eigenvalue weighted by atomic mass is 19.4. The Labute approximate surface area is 89.3 Å². The first kappa shape index (κ1) is 9.72. The van der Waals surface area contributed by atoms with Crippen LogP contribution in [0.25, 0.3) is 0 Å². The minimum Gasteiger partial charge on any atom is -0.406 e. The molecule has 0 aromatic heterocycles. The third-order valence-electron chi connectivity index (χ3n) is 2.66. The van der Waals surface area contributed by atoms with Crippen molar-refractivity contribution in [3.05, 3.63) is 41.5 Å². The van der Waals surface area contributed by atoms with Crippen molar-refractivity contribution < 1.29 is 22.6 Å². The van der Waals surface area contributed by atoms with Gasteiger partial charge < -0.3 is 9.47 Å². The van der Waals surface area contributed by atoms with E-state index in [0.717, 1.165) is 11.1 Å². The lowest BCUT2D eigenvalue weighted by Crippen LogP contribution is -2.17. The summed E-state index contributed by atoms with van der Waals surface area (Å²) < 4.78 is 45.4. The SMILES string of the molecule is FC(F)(F)Oc1ccc2c(c1)[C@@H]1C=C[C@H]2O1. The van der Waals surface area contributed by atoms with Gasteiger partial charge in [0.25, 0.3) is 0 Å². The molecule has 1 aromatic carbocycles. The van der Waals surface area contributed by atoms with Gasteiger partial charge in [-0.1, -0.05) is 18.2 Å². The zero-order valence-electron chi connectivity index (χ0n) is 7.99. The molecule has 2 nitrogen and oxygen atoms in total. The van der Waals surface area contributed by atoms with Crippen molar-refractivity contribution in [1.29, 1.82) is 0 Å². The summed E-state index contributed by atoms with van der Waals surface area (Å²) in [5, 5.41) is 0. The highest BCUT2D eigenvalue weighted by Gasteiger charge is 2.35. The van der Waals surface area contributed by atoms with Crippen molar-refractivity contribution in [1.82, 2.24) is 0 Å². The number of fused-ring (bicyclic) bond motifs is 5. The number of rotatable bonds is 1. The van der Waals surface area contributed by atoms with Gasteiger partial charge in [0.1, 0.15) is 18.0 Å². The number of alkyl halides is 3. The zero-order valence-corrected chi connectivity index (χ0v) is 7.99. The molecular weight excluding hydrogens is 221 g/mol. The van der Waals surface area contributed by atoms with Crippen molar-refractivity contribution in [2.45, 2.75) is 18.6 Å². The highest BCUT2D eigenvalue weighted by Crippen LogP contribution is 2.46. The van der Waals surface area contributed by atoms with Crippen LogP contribution in [0, 0.1) is 0 Å². The number of benzene rings is 1. The Balaban J connectivity index is 1.94. The van der Waals surface area contributed by atoms with Crippen LogP contribution in [0.1, 0.15) is 23.3 Å². The van der Waals surface area contributed by atoms with Crippen molar-refractivity contribution in [2.24, 2.45) is 0 Å². The first-order valence-corrected chi connectivity index (χ1v) is 4.76. The molecule has 84 valence electrons. The highest BCUT2D eigenvalue weighted by molar-refractivity contribution is 5.46. The summed E-state index contributed by atoms with van der Waals surface area (Å²) in [5.41, 5.74) is 1.68. The van der Waals surface area contributed by atoms with Crippen molar-refractivity contribution >= 4 is 0 Å². The lowest BCUT2D eigenvalue weighted by Gasteiger charge is -2.12. The second-order valence-corrected chi connectivity index (χ2v) is 3.70. The second kappa shape index (κ2) is 3.01. The molecule has 2 bridgehead atoms. The van der Waals surface area contributed by atoms with Gasteiger partial charge >= 0.3 is 6.36 Å². The van der Waals surface area contributed by atoms with Gasteiger partial charge in [-0.2, -0.15) is 0 Å². The monoisotopic (exact) mass is 228 g/mol. The van der Waals surface area contributed by atoms with Crippen LogP contribution >= 0.6 is 0 Å². The van der Waals surface area contributed by atoms with Crippen LogP contribution in [0.4, 0.5) is 13.2 Å². The van der Waals surface area contributed by atoms with Crippen LogP contribution in [0.3, 0.4) is 0 Å². The third-order valence-corrected chi connectivity index (χ3v) is 2.66. The van der Waals surface area contributed by atoms with E-state index in [2.05, 4.69) is 4.74 Å². The number of hydrogen-bond acceptors (Lipinski definition) is 2. The second-order valence-electron chi connectivity index (χ2n) is 3.70. The predicted molar refractivity (Wildman–Crippen MR) is 48.8 cm³/mol. The molecule has 3 rings (SSSR count). The number of hydrogen-bond donors (Lipinski definition) is 0. The molecule has 0 fully saturated rings. The van der Waals surface area contributed by atoms with E-state index in [1.54, 1.807) is 6.07 Å². The van der Waals surface area contributed by atoms with Gasteiger partial charge in [0.2, 0.25) is 0 Å². The lowest BCUT2D eigenvalue weighted by atomic mass is 9.97. The van der Waals surface area contributed by atoms with Crippen LogP contribution in [0.5, 0.6) is 5.75 Å². The molecule has 0 N–H and O–H groups in total. The molecule has 0 saturated carbocycles. The van der Waals surface area contributed by atoms with Crippen molar-refractivity contribution in [3.8, 4) is 5.75 Å². The standard InChI is InChI=1S/C11H7F3O2/c12-11(13,14)16-6-1-2-7-8(5-6)10-4-3-9(7)15-10/h1-5,9-10H/t9-,10+/m1/s1. The molecule has 2 aliphatic rings. The average molecular weight is 228 g/mol. The van der Waals surface area contributed by atoms with Gasteiger partial charge in [-0.3, -0.25) is 0 Å². The first-order valence-electron chi connectivity index (χ1n) is 4.76. The summed E-state index contributed by atoms with van der Waals surface area (Å²) in [7, 11) is 0. The summed E-state index contributed by atoms with van der Waals surface area (Å²) in [6.45, 7) is 0. The molecule has 5 heteroatoms. The van der Waals surface area contributed by atoms with Gasteiger partial charge in [0.15, 0.2) is 0 Å². The van der Waals surface area contributed by atoms with Crippen LogP contribution < -0.4 is 4.74 Å². The van der Waals surface area contributed by atoms with Gasteiger partial charge in [0, 0.05) is 0 Å². The fraction of sp³-hybridized carbons (Fsp3) is 0.273. The minimum atomic E-state index is -4.65. The van der Waals surface area contributed by atoms with E-state index in [9.17, 15) is 13.2 Å². The molecule has 0 unspecified atom stereocenters. The van der Waals surface area contributed by atoms with E-state index in [-0.39, 0.29) is 18.0 Å². The Kier molecular flexibility index (Phi) is 1.83. The molecule has 2 aliphatic heterocycles. The molecule has 2 heterocycles. The van der Waals surface area contributed by atoms with Crippen LogP contribution in [-0.4, -0.2) is 6.36 Å².